The van der Waals surface area contributed by atoms with Crippen molar-refractivity contribution < 1.29 is 5.11 Å². The van der Waals surface area contributed by atoms with Gasteiger partial charge in [-0.1, -0.05) is 54.4 Å². The normalized spacial score (nSPS) is 49.2. The molecule has 4 saturated carbocycles. The molecule has 0 heterocycles. The molecule has 168 valence electrons. The van der Waals surface area contributed by atoms with Crippen molar-refractivity contribution in [2.45, 2.75) is 118 Å². The van der Waals surface area contributed by atoms with Gasteiger partial charge >= 0.3 is 0 Å². The van der Waals surface area contributed by atoms with Gasteiger partial charge in [0.1, 0.15) is 0 Å². The third kappa shape index (κ3) is 3.74. The van der Waals surface area contributed by atoms with Gasteiger partial charge < -0.3 is 5.11 Å². The molecule has 0 aromatic heterocycles. The standard InChI is InChI=1S/C28H50O/c1-18(2)19(3)7-8-20(4)24-11-12-25-23-10-9-21-17-22(29)13-15-27(21,5)26(23)14-16-28(24,25)6/h18-26,29H,7-17H2,1-6H3/t19-,20?,21?,22+,23+,24?,25?,26?,27+,28-/m1/s1. The fourth-order valence-corrected chi connectivity index (χ4v) is 9.27. The smallest absolute Gasteiger partial charge is 0.0543 e. The molecule has 0 aliphatic heterocycles. The Balaban J connectivity index is 1.46. The van der Waals surface area contributed by atoms with Crippen molar-refractivity contribution in [1.29, 1.82) is 0 Å². The van der Waals surface area contributed by atoms with Crippen molar-refractivity contribution in [1.82, 2.24) is 0 Å². The Labute approximate surface area is 181 Å². The number of hydrogen-bond acceptors (Lipinski definition) is 1. The minimum atomic E-state index is -0.0107. The van der Waals surface area contributed by atoms with Crippen LogP contribution in [0.2, 0.25) is 0 Å². The van der Waals surface area contributed by atoms with Gasteiger partial charge in [0.25, 0.3) is 0 Å². The first kappa shape index (κ1) is 22.2. The Morgan fingerprint density at radius 1 is 0.793 bits per heavy atom. The summed E-state index contributed by atoms with van der Waals surface area (Å²) in [6.07, 6.45) is 15.1. The molecule has 4 aliphatic rings. The van der Waals surface area contributed by atoms with Crippen molar-refractivity contribution in [3.63, 3.8) is 0 Å². The number of hydrogen-bond donors (Lipinski definition) is 1. The number of fused-ring (bicyclic) bond motifs is 5. The van der Waals surface area contributed by atoms with Crippen LogP contribution in [0.5, 0.6) is 0 Å². The van der Waals surface area contributed by atoms with Crippen LogP contribution in [-0.2, 0) is 0 Å². The Bertz CT molecular complexity index is 569. The molecule has 5 unspecified atom stereocenters. The van der Waals surface area contributed by atoms with Crippen molar-refractivity contribution in [3.8, 4) is 0 Å². The summed E-state index contributed by atoms with van der Waals surface area (Å²) in [6, 6.07) is 0. The summed E-state index contributed by atoms with van der Waals surface area (Å²) in [5, 5.41) is 10.3. The van der Waals surface area contributed by atoms with Crippen molar-refractivity contribution in [2.24, 2.45) is 58.2 Å². The van der Waals surface area contributed by atoms with E-state index < -0.39 is 0 Å². The molecule has 0 radical (unpaired) electrons. The van der Waals surface area contributed by atoms with Crippen LogP contribution < -0.4 is 0 Å². The lowest BCUT2D eigenvalue weighted by Crippen LogP contribution is -2.54. The second-order valence-electron chi connectivity index (χ2n) is 13.1. The van der Waals surface area contributed by atoms with Gasteiger partial charge in [-0.25, -0.2) is 0 Å². The summed E-state index contributed by atoms with van der Waals surface area (Å²) >= 11 is 0. The van der Waals surface area contributed by atoms with E-state index in [4.69, 9.17) is 0 Å². The largest absolute Gasteiger partial charge is 0.393 e. The molecule has 1 N–H and O–H groups in total. The fourth-order valence-electron chi connectivity index (χ4n) is 9.27. The van der Waals surface area contributed by atoms with Gasteiger partial charge in [-0.3, -0.25) is 0 Å². The molecule has 4 fully saturated rings. The maximum Gasteiger partial charge on any atom is 0.0543 e. The van der Waals surface area contributed by atoms with Crippen LogP contribution >= 0.6 is 0 Å². The average Bonchev–Trinajstić information content (AvgIpc) is 3.03. The molecule has 0 amide bonds. The number of aliphatic hydroxyl groups excluding tert-OH is 1. The first-order chi connectivity index (χ1) is 13.7. The average molecular weight is 403 g/mol. The lowest BCUT2D eigenvalue weighted by molar-refractivity contribution is -0.129. The summed E-state index contributed by atoms with van der Waals surface area (Å²) in [5.74, 6) is 7.28. The van der Waals surface area contributed by atoms with E-state index in [1.165, 1.54) is 57.8 Å². The highest BCUT2D eigenvalue weighted by atomic mass is 16.3. The number of rotatable bonds is 5. The molecular formula is C28H50O. The molecule has 1 heteroatoms. The van der Waals surface area contributed by atoms with Crippen LogP contribution in [0.1, 0.15) is 112 Å². The van der Waals surface area contributed by atoms with E-state index >= 15 is 0 Å². The molecule has 1 nitrogen and oxygen atoms in total. The third-order valence-corrected chi connectivity index (χ3v) is 11.6. The first-order valence-corrected chi connectivity index (χ1v) is 13.3. The fraction of sp³-hybridized carbons (Fsp3) is 1.00. The highest BCUT2D eigenvalue weighted by Gasteiger charge is 2.60. The Kier molecular flexibility index (Phi) is 6.22. The van der Waals surface area contributed by atoms with Crippen molar-refractivity contribution in [3.05, 3.63) is 0 Å². The van der Waals surface area contributed by atoms with E-state index in [9.17, 15) is 5.11 Å². The molecule has 29 heavy (non-hydrogen) atoms. The molecule has 0 aromatic rings. The van der Waals surface area contributed by atoms with E-state index in [-0.39, 0.29) is 6.10 Å². The van der Waals surface area contributed by atoms with Crippen LogP contribution in [0, 0.1) is 58.2 Å². The summed E-state index contributed by atoms with van der Waals surface area (Å²) < 4.78 is 0. The van der Waals surface area contributed by atoms with Gasteiger partial charge in [0.15, 0.2) is 0 Å². The van der Waals surface area contributed by atoms with E-state index in [1.807, 2.05) is 0 Å². The maximum absolute atomic E-state index is 10.3. The van der Waals surface area contributed by atoms with E-state index in [0.717, 1.165) is 60.2 Å². The predicted molar refractivity (Wildman–Crippen MR) is 124 cm³/mol. The molecule has 0 aromatic carbocycles. The Hall–Kier alpha value is -0.0400. The maximum atomic E-state index is 10.3. The minimum absolute atomic E-state index is 0.0107. The lowest BCUT2D eigenvalue weighted by Gasteiger charge is -2.61. The highest BCUT2D eigenvalue weighted by Crippen LogP contribution is 2.68. The van der Waals surface area contributed by atoms with Crippen LogP contribution in [0.25, 0.3) is 0 Å². The summed E-state index contributed by atoms with van der Waals surface area (Å²) in [4.78, 5) is 0. The van der Waals surface area contributed by atoms with Crippen LogP contribution in [0.15, 0.2) is 0 Å². The van der Waals surface area contributed by atoms with Gasteiger partial charge in [0, 0.05) is 0 Å². The zero-order chi connectivity index (χ0) is 21.0. The minimum Gasteiger partial charge on any atom is -0.393 e. The first-order valence-electron chi connectivity index (χ1n) is 13.3. The van der Waals surface area contributed by atoms with Crippen molar-refractivity contribution >= 4 is 0 Å². The SMILES string of the molecule is CC(CC[C@@H](C)C(C)C)C1CCC2[C@@H]3CCC4C[C@@H](O)CC[C@]4(C)C3CC[C@]12C. The molecule has 0 spiro atoms. The zero-order valence-corrected chi connectivity index (χ0v) is 20.4. The monoisotopic (exact) mass is 402 g/mol. The van der Waals surface area contributed by atoms with Gasteiger partial charge in [-0.2, -0.15) is 0 Å². The van der Waals surface area contributed by atoms with Gasteiger partial charge in [-0.15, -0.1) is 0 Å². The van der Waals surface area contributed by atoms with Crippen LogP contribution in [-0.4, -0.2) is 11.2 Å². The van der Waals surface area contributed by atoms with E-state index in [1.54, 1.807) is 0 Å². The molecule has 4 rings (SSSR count). The molecule has 0 bridgehead atoms. The second-order valence-corrected chi connectivity index (χ2v) is 13.1. The quantitative estimate of drug-likeness (QED) is 0.499. The van der Waals surface area contributed by atoms with Crippen LogP contribution in [0.4, 0.5) is 0 Å². The Morgan fingerprint density at radius 3 is 2.21 bits per heavy atom. The number of aliphatic hydroxyl groups is 1. The van der Waals surface area contributed by atoms with Gasteiger partial charge in [0.05, 0.1) is 6.10 Å². The Morgan fingerprint density at radius 2 is 1.48 bits per heavy atom. The topological polar surface area (TPSA) is 20.2 Å². The zero-order valence-electron chi connectivity index (χ0n) is 20.4. The second kappa shape index (κ2) is 8.14. The lowest BCUT2D eigenvalue weighted by atomic mass is 9.44. The summed E-state index contributed by atoms with van der Waals surface area (Å²) in [5.41, 5.74) is 1.14. The van der Waals surface area contributed by atoms with Crippen LogP contribution in [0.3, 0.4) is 0 Å². The van der Waals surface area contributed by atoms with Gasteiger partial charge in [0.2, 0.25) is 0 Å². The predicted octanol–water partition coefficient (Wildman–Crippen LogP) is 7.71. The molecule has 10 atom stereocenters. The molecule has 4 aliphatic carbocycles. The van der Waals surface area contributed by atoms with E-state index in [2.05, 4.69) is 41.5 Å². The molecular weight excluding hydrogens is 352 g/mol. The highest BCUT2D eigenvalue weighted by molar-refractivity contribution is 5.09. The van der Waals surface area contributed by atoms with Crippen molar-refractivity contribution in [2.75, 3.05) is 0 Å². The summed E-state index contributed by atoms with van der Waals surface area (Å²) in [7, 11) is 0. The van der Waals surface area contributed by atoms with E-state index in [0.29, 0.717) is 10.8 Å². The molecule has 0 saturated heterocycles. The third-order valence-electron chi connectivity index (χ3n) is 11.6. The van der Waals surface area contributed by atoms with Gasteiger partial charge in [-0.05, 0) is 116 Å². The summed E-state index contributed by atoms with van der Waals surface area (Å²) in [6.45, 7) is 15.2.